The van der Waals surface area contributed by atoms with Crippen LogP contribution in [0.1, 0.15) is 18.4 Å². The van der Waals surface area contributed by atoms with Crippen molar-refractivity contribution in [3.8, 4) is 0 Å². The van der Waals surface area contributed by atoms with Crippen molar-refractivity contribution in [1.29, 1.82) is 0 Å². The summed E-state index contributed by atoms with van der Waals surface area (Å²) in [7, 11) is -3.46. The lowest BCUT2D eigenvalue weighted by molar-refractivity contribution is -0.130. The number of carbonyl (C=O) groups excluding carboxylic acids is 1. The summed E-state index contributed by atoms with van der Waals surface area (Å²) in [4.78, 5) is 14.3. The van der Waals surface area contributed by atoms with Gasteiger partial charge in [0.2, 0.25) is 5.91 Å². The van der Waals surface area contributed by atoms with Crippen molar-refractivity contribution < 1.29 is 13.2 Å². The van der Waals surface area contributed by atoms with Gasteiger partial charge in [0.15, 0.2) is 9.84 Å². The molecule has 1 fully saturated rings. The van der Waals surface area contributed by atoms with E-state index in [2.05, 4.69) is 0 Å². The van der Waals surface area contributed by atoms with Crippen molar-refractivity contribution in [2.24, 2.45) is 0 Å². The molecule has 26 heavy (non-hydrogen) atoms. The molecule has 0 spiro atoms. The smallest absolute Gasteiger partial charge is 0.222 e. The third-order valence-electron chi connectivity index (χ3n) is 4.60. The number of aryl methyl sites for hydroxylation is 1. The van der Waals surface area contributed by atoms with E-state index in [1.54, 1.807) is 23.1 Å². The molecule has 3 rings (SSSR count). The molecule has 0 N–H and O–H groups in total. The fraction of sp³-hybridized carbons (Fsp3) is 0.316. The van der Waals surface area contributed by atoms with Gasteiger partial charge >= 0.3 is 0 Å². The zero-order valence-electron chi connectivity index (χ0n) is 14.1. The second-order valence-corrected chi connectivity index (χ2v) is 9.48. The van der Waals surface area contributed by atoms with E-state index in [1.165, 1.54) is 12.1 Å². The first kappa shape index (κ1) is 19.2. The number of hydrogen-bond acceptors (Lipinski definition) is 3. The predicted molar refractivity (Wildman–Crippen MR) is 103 cm³/mol. The summed E-state index contributed by atoms with van der Waals surface area (Å²) in [5, 5.41) is 0.567. The summed E-state index contributed by atoms with van der Waals surface area (Å²) in [5.74, 6) is -0.0289. The Labute approximate surface area is 163 Å². The van der Waals surface area contributed by atoms with Gasteiger partial charge in [0, 0.05) is 29.6 Å². The first-order valence-corrected chi connectivity index (χ1v) is 10.7. The van der Waals surface area contributed by atoms with E-state index in [-0.39, 0.29) is 17.3 Å². The Hall–Kier alpha value is -1.56. The minimum Gasteiger partial charge on any atom is -0.341 e. The van der Waals surface area contributed by atoms with Gasteiger partial charge in [0.05, 0.1) is 10.1 Å². The Bertz CT molecular complexity index is 897. The number of carbonyl (C=O) groups is 1. The number of halogens is 2. The van der Waals surface area contributed by atoms with Crippen LogP contribution in [0.4, 0.5) is 0 Å². The fourth-order valence-corrected chi connectivity index (χ4v) is 5.16. The molecule has 0 aromatic heterocycles. The molecule has 2 aromatic rings. The third kappa shape index (κ3) is 4.40. The van der Waals surface area contributed by atoms with E-state index >= 15 is 0 Å². The van der Waals surface area contributed by atoms with Gasteiger partial charge < -0.3 is 4.90 Å². The van der Waals surface area contributed by atoms with Crippen LogP contribution in [0, 0.1) is 0 Å². The number of amides is 1. The molecule has 1 amide bonds. The van der Waals surface area contributed by atoms with Crippen molar-refractivity contribution in [2.45, 2.75) is 29.4 Å². The quantitative estimate of drug-likeness (QED) is 0.746. The van der Waals surface area contributed by atoms with E-state index in [4.69, 9.17) is 23.2 Å². The van der Waals surface area contributed by atoms with E-state index in [1.807, 2.05) is 18.2 Å². The van der Waals surface area contributed by atoms with E-state index < -0.39 is 15.1 Å². The van der Waals surface area contributed by atoms with Crippen LogP contribution in [0.15, 0.2) is 53.4 Å². The molecule has 7 heteroatoms. The maximum absolute atomic E-state index is 12.7. The second-order valence-electron chi connectivity index (χ2n) is 6.38. The molecule has 1 atom stereocenters. The summed E-state index contributed by atoms with van der Waals surface area (Å²) in [6.45, 7) is 0.700. The highest BCUT2D eigenvalue weighted by molar-refractivity contribution is 7.92. The fourth-order valence-electron chi connectivity index (χ4n) is 3.13. The van der Waals surface area contributed by atoms with Gasteiger partial charge in [0.1, 0.15) is 0 Å². The van der Waals surface area contributed by atoms with Gasteiger partial charge in [-0.15, -0.1) is 0 Å². The number of nitrogens with zero attached hydrogens (tertiary/aromatic N) is 1. The normalized spacial score (nSPS) is 17.5. The van der Waals surface area contributed by atoms with Gasteiger partial charge in [-0.05, 0) is 54.8 Å². The van der Waals surface area contributed by atoms with Crippen molar-refractivity contribution in [2.75, 3.05) is 13.1 Å². The Kier molecular flexibility index (Phi) is 5.90. The SMILES string of the molecule is O=C(CCc1cccc(Cl)c1)N1CCC(S(=O)(=O)c2ccc(Cl)cc2)C1. The topological polar surface area (TPSA) is 54.5 Å². The lowest BCUT2D eigenvalue weighted by Crippen LogP contribution is -2.32. The van der Waals surface area contributed by atoms with Gasteiger partial charge in [-0.25, -0.2) is 8.42 Å². The molecule has 138 valence electrons. The molecule has 0 bridgehead atoms. The first-order chi connectivity index (χ1) is 12.4. The molecular weight excluding hydrogens is 393 g/mol. The highest BCUT2D eigenvalue weighted by Gasteiger charge is 2.35. The van der Waals surface area contributed by atoms with Crippen LogP contribution in [0.25, 0.3) is 0 Å². The molecule has 1 aliphatic rings. The minimum atomic E-state index is -3.46. The van der Waals surface area contributed by atoms with E-state index in [9.17, 15) is 13.2 Å². The molecule has 0 aliphatic carbocycles. The third-order valence-corrected chi connectivity index (χ3v) is 7.27. The monoisotopic (exact) mass is 411 g/mol. The average Bonchev–Trinajstić information content (AvgIpc) is 3.11. The maximum atomic E-state index is 12.7. The zero-order valence-corrected chi connectivity index (χ0v) is 16.4. The van der Waals surface area contributed by atoms with Crippen molar-refractivity contribution in [3.63, 3.8) is 0 Å². The van der Waals surface area contributed by atoms with Gasteiger partial charge in [-0.3, -0.25) is 4.79 Å². The highest BCUT2D eigenvalue weighted by atomic mass is 35.5. The first-order valence-electron chi connectivity index (χ1n) is 8.38. The minimum absolute atomic E-state index is 0.0289. The van der Waals surface area contributed by atoms with Crippen molar-refractivity contribution in [1.82, 2.24) is 4.90 Å². The lowest BCUT2D eigenvalue weighted by atomic mass is 10.1. The summed E-state index contributed by atoms with van der Waals surface area (Å²) >= 11 is 11.8. The Morgan fingerprint density at radius 1 is 1.08 bits per heavy atom. The Balaban J connectivity index is 1.60. The van der Waals surface area contributed by atoms with Crippen LogP contribution >= 0.6 is 23.2 Å². The maximum Gasteiger partial charge on any atom is 0.222 e. The van der Waals surface area contributed by atoms with E-state index in [0.717, 1.165) is 5.56 Å². The summed E-state index contributed by atoms with van der Waals surface area (Å²) in [6, 6.07) is 13.6. The molecule has 0 saturated carbocycles. The number of benzene rings is 2. The van der Waals surface area contributed by atoms with Crippen molar-refractivity contribution in [3.05, 3.63) is 64.1 Å². The summed E-state index contributed by atoms with van der Waals surface area (Å²) < 4.78 is 25.5. The zero-order chi connectivity index (χ0) is 18.7. The average molecular weight is 412 g/mol. The van der Waals surface area contributed by atoms with Crippen LogP contribution in [-0.2, 0) is 21.1 Å². The van der Waals surface area contributed by atoms with Crippen LogP contribution in [0.2, 0.25) is 10.0 Å². The second kappa shape index (κ2) is 7.99. The summed E-state index contributed by atoms with van der Waals surface area (Å²) in [5.41, 5.74) is 0.996. The van der Waals surface area contributed by atoms with Crippen LogP contribution in [0.3, 0.4) is 0 Å². The van der Waals surface area contributed by atoms with Gasteiger partial charge in [-0.1, -0.05) is 35.3 Å². The highest BCUT2D eigenvalue weighted by Crippen LogP contribution is 2.25. The van der Waals surface area contributed by atoms with Gasteiger partial charge in [-0.2, -0.15) is 0 Å². The Morgan fingerprint density at radius 2 is 1.81 bits per heavy atom. The van der Waals surface area contributed by atoms with Crippen LogP contribution in [0.5, 0.6) is 0 Å². The molecule has 1 heterocycles. The van der Waals surface area contributed by atoms with Crippen LogP contribution in [-0.4, -0.2) is 37.6 Å². The largest absolute Gasteiger partial charge is 0.341 e. The summed E-state index contributed by atoms with van der Waals surface area (Å²) in [6.07, 6.45) is 1.38. The molecule has 0 radical (unpaired) electrons. The van der Waals surface area contributed by atoms with E-state index in [0.29, 0.717) is 35.9 Å². The van der Waals surface area contributed by atoms with Crippen molar-refractivity contribution >= 4 is 38.9 Å². The number of likely N-dealkylation sites (tertiary alicyclic amines) is 1. The number of hydrogen-bond donors (Lipinski definition) is 0. The number of rotatable bonds is 5. The molecule has 1 saturated heterocycles. The molecule has 1 unspecified atom stereocenters. The molecule has 1 aliphatic heterocycles. The predicted octanol–water partition coefficient (Wildman–Crippen LogP) is 4.00. The lowest BCUT2D eigenvalue weighted by Gasteiger charge is -2.17. The molecule has 4 nitrogen and oxygen atoms in total. The molecule has 2 aromatic carbocycles. The van der Waals surface area contributed by atoms with Gasteiger partial charge in [0.25, 0.3) is 0 Å². The standard InChI is InChI=1S/C19H19Cl2NO3S/c20-15-5-7-17(8-6-15)26(24,25)18-10-11-22(13-18)19(23)9-4-14-2-1-3-16(21)12-14/h1-3,5-8,12,18H,4,9-11,13H2. The number of sulfone groups is 1. The molecular formula is C19H19Cl2NO3S. The van der Waals surface area contributed by atoms with Crippen LogP contribution < -0.4 is 0 Å². The Morgan fingerprint density at radius 3 is 2.50 bits per heavy atom.